The number of unbranched alkanes of at least 4 members (excludes halogenated alkanes) is 17. The van der Waals surface area contributed by atoms with Gasteiger partial charge in [0.15, 0.2) is 0 Å². The molecule has 0 aromatic rings. The molecule has 0 spiro atoms. The Balaban J connectivity index is 3.06. The lowest BCUT2D eigenvalue weighted by atomic mass is 10.0. The molecule has 2 nitrogen and oxygen atoms in total. The highest BCUT2D eigenvalue weighted by atomic mass is 35.5. The minimum atomic E-state index is -0.163. The van der Waals surface area contributed by atoms with E-state index in [-0.39, 0.29) is 11.3 Å². The molecule has 1 atom stereocenters. The van der Waals surface area contributed by atoms with Crippen LogP contribution < -0.4 is 0 Å². The first-order valence-electron chi connectivity index (χ1n) is 12.0. The van der Waals surface area contributed by atoms with Gasteiger partial charge in [0.25, 0.3) is 0 Å². The topological polar surface area (TPSA) is 26.3 Å². The normalized spacial score (nSPS) is 12.3. The van der Waals surface area contributed by atoms with Crippen LogP contribution in [0.4, 0.5) is 0 Å². The number of esters is 1. The maximum atomic E-state index is 11.3. The molecular weight excluding hydrogens is 356 g/mol. The second-order valence-corrected chi connectivity index (χ2v) is 8.96. The van der Waals surface area contributed by atoms with Crippen molar-refractivity contribution in [3.8, 4) is 0 Å². The molecule has 0 aromatic heterocycles. The van der Waals surface area contributed by atoms with Gasteiger partial charge in [0, 0.05) is 5.38 Å². The summed E-state index contributed by atoms with van der Waals surface area (Å²) in [7, 11) is 0. The van der Waals surface area contributed by atoms with E-state index in [1.807, 2.05) is 6.92 Å². The molecule has 0 aliphatic carbocycles. The quantitative estimate of drug-likeness (QED) is 0.109. The van der Waals surface area contributed by atoms with Crippen molar-refractivity contribution in [2.24, 2.45) is 0 Å². The van der Waals surface area contributed by atoms with E-state index in [0.717, 1.165) is 6.42 Å². The average molecular weight is 403 g/mol. The molecule has 0 aromatic carbocycles. The number of carbonyl (C=O) groups is 1. The molecule has 3 heteroatoms. The van der Waals surface area contributed by atoms with Crippen molar-refractivity contribution in [2.45, 2.75) is 141 Å². The van der Waals surface area contributed by atoms with Crippen molar-refractivity contribution >= 4 is 17.6 Å². The Labute approximate surface area is 175 Å². The van der Waals surface area contributed by atoms with Crippen LogP contribution in [0.1, 0.15) is 136 Å². The van der Waals surface area contributed by atoms with Crippen LogP contribution in [0.25, 0.3) is 0 Å². The summed E-state index contributed by atoms with van der Waals surface area (Å²) < 4.78 is 5.16. The molecule has 0 aliphatic rings. The van der Waals surface area contributed by atoms with E-state index in [9.17, 15) is 4.79 Å². The van der Waals surface area contributed by atoms with Gasteiger partial charge in [-0.3, -0.25) is 4.79 Å². The summed E-state index contributed by atoms with van der Waals surface area (Å²) in [5.41, 5.74) is 0. The maximum absolute atomic E-state index is 11.3. The van der Waals surface area contributed by atoms with Crippen molar-refractivity contribution in [1.29, 1.82) is 0 Å². The van der Waals surface area contributed by atoms with Gasteiger partial charge in [0.2, 0.25) is 0 Å². The molecule has 0 heterocycles. The van der Waals surface area contributed by atoms with E-state index in [2.05, 4.69) is 6.92 Å². The van der Waals surface area contributed by atoms with Gasteiger partial charge in [-0.15, -0.1) is 11.6 Å². The molecule has 0 radical (unpaired) electrons. The van der Waals surface area contributed by atoms with E-state index in [1.54, 1.807) is 0 Å². The third-order valence-electron chi connectivity index (χ3n) is 5.21. The summed E-state index contributed by atoms with van der Waals surface area (Å²) in [6, 6.07) is 0. The lowest BCUT2D eigenvalue weighted by Gasteiger charge is -2.06. The summed E-state index contributed by atoms with van der Waals surface area (Å²) in [6.07, 6.45) is 25.0. The van der Waals surface area contributed by atoms with Gasteiger partial charge in [-0.2, -0.15) is 0 Å². The lowest BCUT2D eigenvalue weighted by molar-refractivity contribution is -0.143. The van der Waals surface area contributed by atoms with Crippen LogP contribution in [0.3, 0.4) is 0 Å². The molecule has 0 rings (SSSR count). The summed E-state index contributed by atoms with van der Waals surface area (Å²) in [4.78, 5) is 11.3. The minimum absolute atomic E-state index is 0.127. The van der Waals surface area contributed by atoms with Crippen molar-refractivity contribution in [3.63, 3.8) is 0 Å². The SMILES string of the molecule is CCCCCCCCCCCCCCCCCCCCOC(=O)CC(C)Cl. The standard InChI is InChI=1S/C24H47ClO2/c1-3-4-5-6-7-8-9-10-11-12-13-14-15-16-17-18-19-20-21-27-24(26)22-23(2)25/h23H,3-22H2,1-2H3. The first-order chi connectivity index (χ1) is 13.2. The minimum Gasteiger partial charge on any atom is -0.466 e. The number of carbonyl (C=O) groups excluding carboxylic acids is 1. The van der Waals surface area contributed by atoms with Gasteiger partial charge < -0.3 is 4.74 Å². The Kier molecular flexibility index (Phi) is 21.9. The van der Waals surface area contributed by atoms with Gasteiger partial charge in [-0.1, -0.05) is 116 Å². The van der Waals surface area contributed by atoms with Gasteiger partial charge in [0.05, 0.1) is 13.0 Å². The van der Waals surface area contributed by atoms with E-state index in [1.165, 1.54) is 109 Å². The molecule has 162 valence electrons. The van der Waals surface area contributed by atoms with Crippen LogP contribution in [0.15, 0.2) is 0 Å². The van der Waals surface area contributed by atoms with Gasteiger partial charge >= 0.3 is 5.97 Å². The fourth-order valence-electron chi connectivity index (χ4n) is 3.48. The highest BCUT2D eigenvalue weighted by molar-refractivity contribution is 6.21. The monoisotopic (exact) mass is 402 g/mol. The molecule has 0 saturated carbocycles. The first-order valence-corrected chi connectivity index (χ1v) is 12.4. The third-order valence-corrected chi connectivity index (χ3v) is 5.36. The molecule has 0 aliphatic heterocycles. The van der Waals surface area contributed by atoms with Crippen LogP contribution in [0, 0.1) is 0 Å². The van der Waals surface area contributed by atoms with Crippen molar-refractivity contribution in [1.82, 2.24) is 0 Å². The van der Waals surface area contributed by atoms with E-state index < -0.39 is 0 Å². The second kappa shape index (κ2) is 22.1. The van der Waals surface area contributed by atoms with Crippen molar-refractivity contribution in [3.05, 3.63) is 0 Å². The van der Waals surface area contributed by atoms with Gasteiger partial charge in [-0.25, -0.2) is 0 Å². The van der Waals surface area contributed by atoms with Crippen LogP contribution in [0.5, 0.6) is 0 Å². The van der Waals surface area contributed by atoms with Crippen LogP contribution in [-0.2, 0) is 9.53 Å². The van der Waals surface area contributed by atoms with E-state index >= 15 is 0 Å². The highest BCUT2D eigenvalue weighted by Crippen LogP contribution is 2.14. The number of halogens is 1. The van der Waals surface area contributed by atoms with Crippen LogP contribution in [0.2, 0.25) is 0 Å². The molecular formula is C24H47ClO2. The zero-order chi connectivity index (χ0) is 20.0. The fourth-order valence-corrected chi connectivity index (χ4v) is 3.60. The number of hydrogen-bond acceptors (Lipinski definition) is 2. The van der Waals surface area contributed by atoms with Crippen LogP contribution in [-0.4, -0.2) is 18.0 Å². The third kappa shape index (κ3) is 23.7. The Morgan fingerprint density at radius 2 is 1.00 bits per heavy atom. The average Bonchev–Trinajstić information content (AvgIpc) is 2.63. The number of ether oxygens (including phenoxy) is 1. The van der Waals surface area contributed by atoms with Crippen molar-refractivity contribution < 1.29 is 9.53 Å². The smallest absolute Gasteiger partial charge is 0.307 e. The maximum Gasteiger partial charge on any atom is 0.307 e. The Bertz CT molecular complexity index is 305. The predicted molar refractivity (Wildman–Crippen MR) is 120 cm³/mol. The van der Waals surface area contributed by atoms with Gasteiger partial charge in [0.1, 0.15) is 0 Å². The predicted octanol–water partition coefficient (Wildman–Crippen LogP) is 8.59. The highest BCUT2D eigenvalue weighted by Gasteiger charge is 2.06. The summed E-state index contributed by atoms with van der Waals surface area (Å²) in [5.74, 6) is -0.163. The summed E-state index contributed by atoms with van der Waals surface area (Å²) in [6.45, 7) is 4.66. The molecule has 0 saturated heterocycles. The molecule has 0 fully saturated rings. The van der Waals surface area contributed by atoms with Crippen LogP contribution >= 0.6 is 11.6 Å². The largest absolute Gasteiger partial charge is 0.466 e. The van der Waals surface area contributed by atoms with Crippen molar-refractivity contribution in [2.75, 3.05) is 6.61 Å². The van der Waals surface area contributed by atoms with E-state index in [4.69, 9.17) is 16.3 Å². The Morgan fingerprint density at radius 1 is 0.667 bits per heavy atom. The molecule has 1 unspecified atom stereocenters. The molecule has 0 bridgehead atoms. The zero-order valence-electron chi connectivity index (χ0n) is 18.4. The second-order valence-electron chi connectivity index (χ2n) is 8.22. The summed E-state index contributed by atoms with van der Waals surface area (Å²) in [5, 5.41) is -0.127. The Hall–Kier alpha value is -0.240. The number of rotatable bonds is 21. The molecule has 27 heavy (non-hydrogen) atoms. The zero-order valence-corrected chi connectivity index (χ0v) is 19.2. The lowest BCUT2D eigenvalue weighted by Crippen LogP contribution is -2.10. The number of alkyl halides is 1. The number of hydrogen-bond donors (Lipinski definition) is 0. The first kappa shape index (κ1) is 26.8. The molecule has 0 amide bonds. The molecule has 0 N–H and O–H groups in total. The van der Waals surface area contributed by atoms with E-state index in [0.29, 0.717) is 13.0 Å². The fraction of sp³-hybridized carbons (Fsp3) is 0.958. The summed E-state index contributed by atoms with van der Waals surface area (Å²) >= 11 is 5.76. The van der Waals surface area contributed by atoms with Gasteiger partial charge in [-0.05, 0) is 13.3 Å². The Morgan fingerprint density at radius 3 is 1.33 bits per heavy atom.